The Morgan fingerprint density at radius 2 is 0.662 bits per heavy atom. The van der Waals surface area contributed by atoms with Crippen LogP contribution in [0.3, 0.4) is 0 Å². The number of aromatic nitrogens is 6. The molecular weight excluding hydrogens is 1710 g/mol. The highest BCUT2D eigenvalue weighted by atomic mass is 16.3. The smallest absolute Gasteiger partial charge is 0.227 e. The van der Waals surface area contributed by atoms with Crippen LogP contribution in [0.2, 0.25) is 0 Å². The Morgan fingerprint density at radius 1 is 0.324 bits per heavy atom. The number of nitrogens with zero attached hydrogens (tertiary/aromatic N) is 12. The summed E-state index contributed by atoms with van der Waals surface area (Å²) in [5.41, 5.74) is 42.8. The minimum atomic E-state index is -2.18. The molecule has 0 spiro atoms. The van der Waals surface area contributed by atoms with Gasteiger partial charge in [0.1, 0.15) is 39.6 Å². The van der Waals surface area contributed by atoms with E-state index in [1.54, 1.807) is 12.4 Å². The average Bonchev–Trinajstić information content (AvgIpc) is 1.13. The molecule has 9 aromatic heterocycles. The van der Waals surface area contributed by atoms with Gasteiger partial charge in [0.25, 0.3) is 0 Å². The van der Waals surface area contributed by atoms with Crippen molar-refractivity contribution in [1.29, 1.82) is 0 Å². The third kappa shape index (κ3) is 16.1. The van der Waals surface area contributed by atoms with Crippen molar-refractivity contribution in [1.82, 2.24) is 24.8 Å². The van der Waals surface area contributed by atoms with E-state index in [9.17, 15) is 0 Å². The molecule has 3 aliphatic heterocycles. The van der Waals surface area contributed by atoms with Crippen LogP contribution in [0, 0.1) is 76.2 Å². The molecule has 0 saturated heterocycles. The number of hydrogen-bond acceptors (Lipinski definition) is 12. The molecular formula is C124H147N12O3+3. The third-order valence-electron chi connectivity index (χ3n) is 33.0. The molecule has 3 aliphatic carbocycles. The maximum Gasteiger partial charge on any atom is 0.227 e. The van der Waals surface area contributed by atoms with Gasteiger partial charge in [-0.2, -0.15) is 0 Å². The van der Waals surface area contributed by atoms with Crippen LogP contribution in [0.1, 0.15) is 254 Å². The SMILES string of the molecule is Cc1cc2c([n+](C)c1)-c1c(C)cccc1C(C)(C)C2(C)C.Cc1ccc2c(n1)oc1c(N3C=CN(C)[C@@H]3C)c(C)ccc12.Cc1ccc2c(n1)oc1c(N3C=CN(c4c(C(C)C)cccc4C(C)C)[C@@H]3C)c(C)ccc12.Cc1cccc2c1-c1c(c(C)cc[n+]1C)C(C)(C)C2(C)C.Cc1cccc2c1-c1c(ccc[n+]1C)C(C)(C)C2(C)C.[2H]C([2H])([2H])N1C=CN(c2c(C)ccc3c2oc2nc(C)ccc23)[C@H]1C. The minimum absolute atomic E-state index is 0.103. The topological polar surface area (TPSA) is 109 Å². The van der Waals surface area contributed by atoms with E-state index in [1.165, 1.54) is 128 Å². The normalized spacial score (nSPS) is 18.1. The zero-order valence-corrected chi connectivity index (χ0v) is 88.8. The highest BCUT2D eigenvalue weighted by Crippen LogP contribution is 2.58. The molecule has 3 atom stereocenters. The summed E-state index contributed by atoms with van der Waals surface area (Å²) in [5.74, 6) is 0.895. The summed E-state index contributed by atoms with van der Waals surface area (Å²) in [7, 11) is 8.59. The van der Waals surface area contributed by atoms with Crippen LogP contribution >= 0.6 is 0 Å². The lowest BCUT2D eigenvalue weighted by atomic mass is 9.55. The summed E-state index contributed by atoms with van der Waals surface area (Å²) >= 11 is 0. The Bertz CT molecular complexity index is 7710. The van der Waals surface area contributed by atoms with Gasteiger partial charge in [-0.25, -0.2) is 28.7 Å². The number of pyridine rings is 6. The fraction of sp³-hybridized carbons (Fsp3) is 0.371. The molecule has 22 rings (SSSR count). The van der Waals surface area contributed by atoms with E-state index in [4.69, 9.17) is 17.4 Å². The van der Waals surface area contributed by atoms with Crippen LogP contribution in [0.25, 0.3) is 100.0 Å². The van der Waals surface area contributed by atoms with Crippen molar-refractivity contribution >= 4 is 89.0 Å². The predicted molar refractivity (Wildman–Crippen MR) is 580 cm³/mol. The van der Waals surface area contributed by atoms with Crippen molar-refractivity contribution in [2.24, 2.45) is 21.1 Å². The highest BCUT2D eigenvalue weighted by molar-refractivity contribution is 6.11. The van der Waals surface area contributed by atoms with E-state index >= 15 is 0 Å². The molecule has 15 nitrogen and oxygen atoms in total. The summed E-state index contributed by atoms with van der Waals surface area (Å²) in [6.45, 7) is 65.2. The first-order valence-electron chi connectivity index (χ1n) is 51.3. The van der Waals surface area contributed by atoms with Crippen molar-refractivity contribution in [3.8, 4) is 33.8 Å². The molecule has 139 heavy (non-hydrogen) atoms. The Kier molecular flexibility index (Phi) is 24.2. The summed E-state index contributed by atoms with van der Waals surface area (Å²) in [4.78, 5) is 26.2. The van der Waals surface area contributed by atoms with Gasteiger partial charge in [-0.15, -0.1) is 0 Å². The van der Waals surface area contributed by atoms with Gasteiger partial charge >= 0.3 is 0 Å². The molecule has 0 radical (unpaired) electrons. The second-order valence-electron chi connectivity index (χ2n) is 44.0. The van der Waals surface area contributed by atoms with Gasteiger partial charge in [0.15, 0.2) is 35.3 Å². The zero-order valence-electron chi connectivity index (χ0n) is 91.8. The lowest BCUT2D eigenvalue weighted by Crippen LogP contribution is -2.48. The molecule has 0 N–H and O–H groups in total. The number of furan rings is 3. The van der Waals surface area contributed by atoms with Gasteiger partial charge in [0.2, 0.25) is 34.2 Å². The maximum atomic E-state index is 7.69. The molecule has 718 valence electrons. The van der Waals surface area contributed by atoms with Crippen molar-refractivity contribution in [3.05, 3.63) is 332 Å². The van der Waals surface area contributed by atoms with Crippen molar-refractivity contribution in [2.45, 2.75) is 271 Å². The maximum absolute atomic E-state index is 7.69. The summed E-state index contributed by atoms with van der Waals surface area (Å²) < 4.78 is 48.5. The lowest BCUT2D eigenvalue weighted by Gasteiger charge is -2.47. The summed E-state index contributed by atoms with van der Waals surface area (Å²) in [6, 6.07) is 61.0. The van der Waals surface area contributed by atoms with Crippen LogP contribution < -0.4 is 33.3 Å². The first-order valence-corrected chi connectivity index (χ1v) is 49.8. The number of anilines is 4. The molecule has 0 fully saturated rings. The number of para-hydroxylation sites is 1. The van der Waals surface area contributed by atoms with E-state index in [2.05, 4.69) is 426 Å². The minimum Gasteiger partial charge on any atom is -0.435 e. The van der Waals surface area contributed by atoms with Gasteiger partial charge < -0.3 is 42.7 Å². The Morgan fingerprint density at radius 3 is 1.06 bits per heavy atom. The van der Waals surface area contributed by atoms with E-state index in [-0.39, 0.29) is 51.0 Å². The van der Waals surface area contributed by atoms with Crippen LogP contribution in [-0.4, -0.2) is 57.3 Å². The van der Waals surface area contributed by atoms with Gasteiger partial charge in [0, 0.05) is 161 Å². The molecule has 12 heterocycles. The number of fused-ring (bicyclic) bond motifs is 18. The third-order valence-corrected chi connectivity index (χ3v) is 33.0. The molecule has 7 aromatic carbocycles. The summed E-state index contributed by atoms with van der Waals surface area (Å²) in [5, 5.41) is 6.32. The quantitative estimate of drug-likeness (QED) is 0.148. The van der Waals surface area contributed by atoms with Crippen LogP contribution in [0.4, 0.5) is 22.7 Å². The second kappa shape index (κ2) is 35.9. The highest BCUT2D eigenvalue weighted by Gasteiger charge is 2.53. The van der Waals surface area contributed by atoms with E-state index in [1.807, 2.05) is 75.9 Å². The van der Waals surface area contributed by atoms with Crippen molar-refractivity contribution in [2.75, 3.05) is 33.6 Å². The lowest BCUT2D eigenvalue weighted by molar-refractivity contribution is -0.661. The number of hydrogen-bond donors (Lipinski definition) is 0. The van der Waals surface area contributed by atoms with Gasteiger partial charge in [-0.3, -0.25) is 0 Å². The fourth-order valence-corrected chi connectivity index (χ4v) is 22.6. The monoisotopic (exact) mass is 1860 g/mol. The van der Waals surface area contributed by atoms with E-state index in [0.29, 0.717) is 29.0 Å². The molecule has 0 amide bonds. The Hall–Kier alpha value is -13.1. The van der Waals surface area contributed by atoms with Crippen LogP contribution in [0.15, 0.2) is 239 Å². The van der Waals surface area contributed by atoms with E-state index < -0.39 is 6.98 Å². The second-order valence-corrected chi connectivity index (χ2v) is 44.0. The number of benzene rings is 7. The molecule has 16 aromatic rings. The van der Waals surface area contributed by atoms with Gasteiger partial charge in [0.05, 0.1) is 33.8 Å². The number of rotatable bonds is 6. The first kappa shape index (κ1) is 93.5. The summed E-state index contributed by atoms with van der Waals surface area (Å²) in [6.07, 6.45) is 18.7. The number of aryl methyl sites for hydroxylation is 14. The standard InChI is InChI=1S/C29H33N3O.2C20H26N.C19H24N.2C18H19N3O/c1-17(2)22-9-8-10-23(18(3)4)27(22)32-16-15-31(21(32)7)26-19(5)11-13-24-25-14-12-20(6)30-29(25)33-28(24)26;1-13-11-16-18(21(7)12-13)17-14(2)9-8-10-15(17)19(3,4)20(16,5)6;1-13-9-8-10-15-16(13)18-17(14(2)11-12-21(18)7)20(5,6)19(15,3)4;1-13-9-7-10-14-16(13)17-15(11-8-12-20(17)6)19(4,5)18(14,2)3;2*1-11-5-7-14-15-8-6-12(2)19-18(15)22-17(14)16(11)21-10-9-20(4)13(21)3/h8-18,21H,1-7H3;2*8-12H,1-7H3;7-12H,1-6H3;2*5-10,13H,1-4H3/q;3*+1;;/t21-;;;;2*13-/m1...00/s1/i;;;;4D3;. The van der Waals surface area contributed by atoms with Gasteiger partial charge in [-0.1, -0.05) is 220 Å². The predicted octanol–water partition coefficient (Wildman–Crippen LogP) is 29.1. The fourth-order valence-electron chi connectivity index (χ4n) is 22.6. The van der Waals surface area contributed by atoms with Gasteiger partial charge in [-0.05, 0) is 240 Å². The van der Waals surface area contributed by atoms with Crippen molar-refractivity contribution in [3.63, 3.8) is 0 Å². The Balaban J connectivity index is 0.000000118. The molecule has 6 aliphatic rings. The average molecular weight is 1860 g/mol. The molecule has 0 unspecified atom stereocenters. The molecule has 15 heteroatoms. The van der Waals surface area contributed by atoms with Crippen LogP contribution in [-0.2, 0) is 53.6 Å². The van der Waals surface area contributed by atoms with Crippen molar-refractivity contribution < 1.29 is 31.1 Å². The zero-order chi connectivity index (χ0) is 103. The molecule has 0 saturated carbocycles. The first-order chi connectivity index (χ1) is 66.8. The largest absolute Gasteiger partial charge is 0.435 e. The molecule has 0 bridgehead atoms. The van der Waals surface area contributed by atoms with Crippen LogP contribution in [0.5, 0.6) is 0 Å². The Labute approximate surface area is 830 Å². The van der Waals surface area contributed by atoms with E-state index in [0.717, 1.165) is 88.8 Å².